The number of hydrogen-bond donors (Lipinski definition) is 0. The van der Waals surface area contributed by atoms with Gasteiger partial charge in [0, 0.05) is 43.8 Å². The maximum atomic E-state index is 12.5. The van der Waals surface area contributed by atoms with Gasteiger partial charge in [-0.3, -0.25) is 14.4 Å². The molecule has 0 saturated carbocycles. The van der Waals surface area contributed by atoms with E-state index in [1.165, 1.54) is 5.56 Å². The number of carbonyl (C=O) groups is 1. The minimum Gasteiger partial charge on any atom is -0.363 e. The third-order valence-electron chi connectivity index (χ3n) is 5.90. The summed E-state index contributed by atoms with van der Waals surface area (Å²) in [6, 6.07) is 0.0568. The van der Waals surface area contributed by atoms with Crippen LogP contribution in [0.2, 0.25) is 0 Å². The summed E-state index contributed by atoms with van der Waals surface area (Å²) < 4.78 is 8.00. The maximum Gasteiger partial charge on any atom is 0.249 e. The van der Waals surface area contributed by atoms with Gasteiger partial charge >= 0.3 is 0 Å². The lowest BCUT2D eigenvalue weighted by Crippen LogP contribution is -2.63. The highest BCUT2D eigenvalue weighted by Crippen LogP contribution is 2.36. The first-order valence-electron chi connectivity index (χ1n) is 9.49. The van der Waals surface area contributed by atoms with Crippen LogP contribution in [-0.4, -0.2) is 61.8 Å². The molecule has 0 radical (unpaired) electrons. The molecule has 4 rings (SSSR count). The SMILES string of the molecule is Cc1nc(CN2C(=O)COC3(CCN(Cc4cnn(C)c4)CC3)[C@@H]2C)cs1. The summed E-state index contributed by atoms with van der Waals surface area (Å²) >= 11 is 1.63. The summed E-state index contributed by atoms with van der Waals surface area (Å²) in [7, 11) is 1.95. The molecule has 2 aromatic rings. The van der Waals surface area contributed by atoms with Crippen LogP contribution in [0.5, 0.6) is 0 Å². The molecule has 0 unspecified atom stereocenters. The first kappa shape index (κ1) is 18.6. The van der Waals surface area contributed by atoms with Crippen LogP contribution in [-0.2, 0) is 29.7 Å². The zero-order valence-corrected chi connectivity index (χ0v) is 17.0. The molecule has 7 nitrogen and oxygen atoms in total. The Kier molecular flexibility index (Phi) is 5.05. The molecule has 2 fully saturated rings. The second-order valence-corrected chi connectivity index (χ2v) is 8.77. The van der Waals surface area contributed by atoms with Crippen molar-refractivity contribution in [2.75, 3.05) is 19.7 Å². The molecule has 0 aliphatic carbocycles. The molecule has 2 saturated heterocycles. The number of ether oxygens (including phenoxy) is 1. The number of thiazole rings is 1. The number of amides is 1. The standard InChI is InChI=1S/C19H27N5O2S/c1-14-19(4-6-23(7-5-19)10-16-8-20-22(3)9-16)26-12-18(25)24(14)11-17-13-27-15(2)21-17/h8-9,13-14H,4-7,10-12H2,1-3H3/t14-/m0/s1. The Morgan fingerprint density at radius 2 is 2.11 bits per heavy atom. The lowest BCUT2D eigenvalue weighted by molar-refractivity contribution is -0.188. The second-order valence-electron chi connectivity index (χ2n) is 7.71. The number of nitrogens with zero attached hydrogens (tertiary/aromatic N) is 5. The van der Waals surface area contributed by atoms with E-state index in [2.05, 4.69) is 28.1 Å². The van der Waals surface area contributed by atoms with E-state index >= 15 is 0 Å². The third-order valence-corrected chi connectivity index (χ3v) is 6.72. The molecule has 1 atom stereocenters. The lowest BCUT2D eigenvalue weighted by Gasteiger charge is -2.51. The summed E-state index contributed by atoms with van der Waals surface area (Å²) in [5.74, 6) is 0.0663. The Morgan fingerprint density at radius 1 is 1.33 bits per heavy atom. The molecule has 2 aromatic heterocycles. The number of piperidine rings is 1. The van der Waals surface area contributed by atoms with Gasteiger partial charge in [0.05, 0.1) is 35.1 Å². The van der Waals surface area contributed by atoms with Crippen LogP contribution >= 0.6 is 11.3 Å². The number of morpholine rings is 1. The largest absolute Gasteiger partial charge is 0.363 e. The molecule has 8 heteroatoms. The van der Waals surface area contributed by atoms with Gasteiger partial charge in [0.25, 0.3) is 0 Å². The van der Waals surface area contributed by atoms with Gasteiger partial charge in [-0.05, 0) is 26.7 Å². The van der Waals surface area contributed by atoms with Crippen LogP contribution in [0.4, 0.5) is 0 Å². The van der Waals surface area contributed by atoms with Crippen LogP contribution in [0, 0.1) is 6.92 Å². The lowest BCUT2D eigenvalue weighted by atomic mass is 9.82. The van der Waals surface area contributed by atoms with Gasteiger partial charge in [0.2, 0.25) is 5.91 Å². The minimum absolute atomic E-state index is 0.0568. The first-order chi connectivity index (χ1) is 12.9. The predicted octanol–water partition coefficient (Wildman–Crippen LogP) is 1.97. The molecular formula is C19H27N5O2S. The van der Waals surface area contributed by atoms with Crippen molar-refractivity contribution in [3.05, 3.63) is 34.0 Å². The zero-order chi connectivity index (χ0) is 19.0. The third kappa shape index (κ3) is 3.79. The fraction of sp³-hybridized carbons (Fsp3) is 0.632. The van der Waals surface area contributed by atoms with Gasteiger partial charge in [0.1, 0.15) is 6.61 Å². The van der Waals surface area contributed by atoms with Crippen molar-refractivity contribution in [3.8, 4) is 0 Å². The van der Waals surface area contributed by atoms with E-state index in [9.17, 15) is 4.79 Å². The van der Waals surface area contributed by atoms with Gasteiger partial charge in [-0.1, -0.05) is 0 Å². The summed E-state index contributed by atoms with van der Waals surface area (Å²) in [6.45, 7) is 7.74. The molecule has 0 aromatic carbocycles. The van der Waals surface area contributed by atoms with E-state index in [4.69, 9.17) is 4.74 Å². The van der Waals surface area contributed by atoms with Crippen molar-refractivity contribution in [2.24, 2.45) is 7.05 Å². The van der Waals surface area contributed by atoms with Gasteiger partial charge in [-0.15, -0.1) is 11.3 Å². The van der Waals surface area contributed by atoms with E-state index in [0.717, 1.165) is 43.2 Å². The summed E-state index contributed by atoms with van der Waals surface area (Å²) in [5.41, 5.74) is 1.97. The van der Waals surface area contributed by atoms with Gasteiger partial charge in [0.15, 0.2) is 0 Å². The summed E-state index contributed by atoms with van der Waals surface area (Å²) in [5, 5.41) is 7.34. The number of carbonyl (C=O) groups excluding carboxylic acids is 1. The van der Waals surface area contributed by atoms with Crippen molar-refractivity contribution in [3.63, 3.8) is 0 Å². The van der Waals surface area contributed by atoms with E-state index in [-0.39, 0.29) is 24.2 Å². The number of aromatic nitrogens is 3. The maximum absolute atomic E-state index is 12.5. The number of aryl methyl sites for hydroxylation is 2. The van der Waals surface area contributed by atoms with Crippen molar-refractivity contribution < 1.29 is 9.53 Å². The number of hydrogen-bond acceptors (Lipinski definition) is 6. The fourth-order valence-electron chi connectivity index (χ4n) is 4.25. The van der Waals surface area contributed by atoms with Gasteiger partial charge in [-0.2, -0.15) is 5.10 Å². The highest BCUT2D eigenvalue weighted by molar-refractivity contribution is 7.09. The van der Waals surface area contributed by atoms with E-state index in [0.29, 0.717) is 6.54 Å². The Balaban J connectivity index is 1.41. The molecule has 0 N–H and O–H groups in total. The highest BCUT2D eigenvalue weighted by atomic mass is 32.1. The Morgan fingerprint density at radius 3 is 2.74 bits per heavy atom. The monoisotopic (exact) mass is 389 g/mol. The summed E-state index contributed by atoms with van der Waals surface area (Å²) in [6.07, 6.45) is 5.88. The van der Waals surface area contributed by atoms with Crippen molar-refractivity contribution in [1.82, 2.24) is 24.6 Å². The normalized spacial score (nSPS) is 23.3. The van der Waals surface area contributed by atoms with Crippen LogP contribution in [0.1, 0.15) is 36.0 Å². The molecule has 2 aliphatic rings. The Labute approximate surface area is 163 Å². The second kappa shape index (κ2) is 7.33. The van der Waals surface area contributed by atoms with Gasteiger partial charge < -0.3 is 9.64 Å². The average Bonchev–Trinajstić information content (AvgIpc) is 3.25. The fourth-order valence-corrected chi connectivity index (χ4v) is 4.86. The number of likely N-dealkylation sites (tertiary alicyclic amines) is 1. The van der Waals surface area contributed by atoms with Crippen LogP contribution in [0.25, 0.3) is 0 Å². The van der Waals surface area contributed by atoms with Crippen LogP contribution < -0.4 is 0 Å². The molecule has 2 aliphatic heterocycles. The van der Waals surface area contributed by atoms with E-state index < -0.39 is 0 Å². The molecule has 1 spiro atoms. The molecule has 146 valence electrons. The molecule has 27 heavy (non-hydrogen) atoms. The summed E-state index contributed by atoms with van der Waals surface area (Å²) in [4.78, 5) is 21.5. The van der Waals surface area contributed by atoms with Gasteiger partial charge in [-0.25, -0.2) is 4.98 Å². The van der Waals surface area contributed by atoms with E-state index in [1.807, 2.05) is 35.1 Å². The smallest absolute Gasteiger partial charge is 0.249 e. The number of rotatable bonds is 4. The van der Waals surface area contributed by atoms with Crippen molar-refractivity contribution >= 4 is 17.2 Å². The van der Waals surface area contributed by atoms with Crippen molar-refractivity contribution in [1.29, 1.82) is 0 Å². The molecule has 1 amide bonds. The quantitative estimate of drug-likeness (QED) is 0.800. The Bertz CT molecular complexity index is 809. The zero-order valence-electron chi connectivity index (χ0n) is 16.2. The van der Waals surface area contributed by atoms with Crippen LogP contribution in [0.3, 0.4) is 0 Å². The molecular weight excluding hydrogens is 362 g/mol. The first-order valence-corrected chi connectivity index (χ1v) is 10.4. The van der Waals surface area contributed by atoms with Crippen LogP contribution in [0.15, 0.2) is 17.8 Å². The minimum atomic E-state index is -0.246. The average molecular weight is 390 g/mol. The molecule has 4 heterocycles. The highest BCUT2D eigenvalue weighted by Gasteiger charge is 2.47. The Hall–Kier alpha value is -1.77. The predicted molar refractivity (Wildman–Crippen MR) is 103 cm³/mol. The van der Waals surface area contributed by atoms with Crippen molar-refractivity contribution in [2.45, 2.75) is 51.4 Å². The molecule has 0 bridgehead atoms. The topological polar surface area (TPSA) is 63.5 Å². The van der Waals surface area contributed by atoms with E-state index in [1.54, 1.807) is 11.3 Å².